The van der Waals surface area contributed by atoms with E-state index in [4.69, 9.17) is 11.6 Å². The maximum atomic E-state index is 13.4. The number of piperidine rings is 1. The van der Waals surface area contributed by atoms with Crippen LogP contribution in [0.3, 0.4) is 0 Å². The molecule has 4 rings (SSSR count). The summed E-state index contributed by atoms with van der Waals surface area (Å²) in [6, 6.07) is 10.1. The molecule has 2 aromatic heterocycles. The number of nitrogens with zero attached hydrogens (tertiary/aromatic N) is 3. The zero-order valence-corrected chi connectivity index (χ0v) is 17.8. The van der Waals surface area contributed by atoms with Gasteiger partial charge in [0.15, 0.2) is 0 Å². The molecule has 0 spiro atoms. The van der Waals surface area contributed by atoms with Crippen LogP contribution in [0.15, 0.2) is 59.8 Å². The number of likely N-dealkylation sites (tertiary alicyclic amines) is 1. The molecule has 0 bridgehead atoms. The number of benzene rings is 1. The van der Waals surface area contributed by atoms with Crippen LogP contribution in [-0.2, 0) is 7.05 Å². The maximum absolute atomic E-state index is 13.4. The first-order valence-corrected chi connectivity index (χ1v) is 10.4. The van der Waals surface area contributed by atoms with Gasteiger partial charge in [-0.05, 0) is 48.6 Å². The van der Waals surface area contributed by atoms with Crippen molar-refractivity contribution in [1.82, 2.24) is 14.5 Å². The Balaban J connectivity index is 1.57. The summed E-state index contributed by atoms with van der Waals surface area (Å²) in [4.78, 5) is 31.6. The molecule has 3 heterocycles. The third-order valence-corrected chi connectivity index (χ3v) is 5.96. The molecule has 0 aliphatic carbocycles. The van der Waals surface area contributed by atoms with Crippen LogP contribution in [0, 0.1) is 5.82 Å². The Labute approximate surface area is 184 Å². The molecule has 0 saturated carbocycles. The van der Waals surface area contributed by atoms with Crippen molar-refractivity contribution in [3.63, 3.8) is 0 Å². The number of pyridine rings is 2. The quantitative estimate of drug-likeness (QED) is 0.655. The van der Waals surface area contributed by atoms with Crippen molar-refractivity contribution >= 4 is 28.9 Å². The highest BCUT2D eigenvalue weighted by Gasteiger charge is 2.28. The number of halogens is 2. The fourth-order valence-corrected chi connectivity index (χ4v) is 4.17. The number of carbonyl (C=O) groups is 1. The molecular weight excluding hydrogens is 419 g/mol. The average molecular weight is 441 g/mol. The lowest BCUT2D eigenvalue weighted by Gasteiger charge is -2.33. The van der Waals surface area contributed by atoms with Gasteiger partial charge in [0.1, 0.15) is 10.8 Å². The zero-order chi connectivity index (χ0) is 22.0. The summed E-state index contributed by atoms with van der Waals surface area (Å²) < 4.78 is 14.5. The molecule has 1 N–H and O–H groups in total. The highest BCUT2D eigenvalue weighted by molar-refractivity contribution is 6.34. The van der Waals surface area contributed by atoms with Gasteiger partial charge in [0.25, 0.3) is 11.5 Å². The number of nitrogens with one attached hydrogen (secondary N) is 1. The second-order valence-electron chi connectivity index (χ2n) is 7.63. The molecule has 3 aromatic rings. The maximum Gasteiger partial charge on any atom is 0.271 e. The van der Waals surface area contributed by atoms with Crippen LogP contribution in [0.25, 0.3) is 0 Å². The molecular formula is C23H22ClFN4O2. The topological polar surface area (TPSA) is 67.2 Å². The number of hydrogen-bond acceptors (Lipinski definition) is 4. The Morgan fingerprint density at radius 1 is 1.19 bits per heavy atom. The molecule has 1 amide bonds. The van der Waals surface area contributed by atoms with Crippen LogP contribution >= 0.6 is 11.6 Å². The van der Waals surface area contributed by atoms with E-state index in [1.165, 1.54) is 22.9 Å². The van der Waals surface area contributed by atoms with Gasteiger partial charge >= 0.3 is 0 Å². The van der Waals surface area contributed by atoms with Gasteiger partial charge in [0.2, 0.25) is 0 Å². The Hall–Kier alpha value is -3.19. The highest BCUT2D eigenvalue weighted by Crippen LogP contribution is 2.31. The van der Waals surface area contributed by atoms with E-state index in [1.54, 1.807) is 48.6 Å². The average Bonchev–Trinajstić information content (AvgIpc) is 2.80. The Morgan fingerprint density at radius 2 is 1.90 bits per heavy atom. The van der Waals surface area contributed by atoms with E-state index in [0.29, 0.717) is 24.3 Å². The molecule has 1 fully saturated rings. The van der Waals surface area contributed by atoms with Crippen molar-refractivity contribution in [2.75, 3.05) is 18.4 Å². The first kappa shape index (κ1) is 21.1. The number of hydrogen-bond donors (Lipinski definition) is 1. The minimum atomic E-state index is -0.389. The molecule has 0 radical (unpaired) electrons. The van der Waals surface area contributed by atoms with Crippen LogP contribution < -0.4 is 10.9 Å². The van der Waals surface area contributed by atoms with E-state index in [1.807, 2.05) is 0 Å². The summed E-state index contributed by atoms with van der Waals surface area (Å²) in [7, 11) is 1.57. The Kier molecular flexibility index (Phi) is 6.04. The second kappa shape index (κ2) is 8.89. The summed E-state index contributed by atoms with van der Waals surface area (Å²) in [6.07, 6.45) is 6.30. The van der Waals surface area contributed by atoms with Gasteiger partial charge in [-0.2, -0.15) is 0 Å². The van der Waals surface area contributed by atoms with Crippen molar-refractivity contribution in [3.8, 4) is 0 Å². The van der Waals surface area contributed by atoms with Crippen molar-refractivity contribution in [2.45, 2.75) is 18.8 Å². The van der Waals surface area contributed by atoms with Gasteiger partial charge in [-0.15, -0.1) is 0 Å². The van der Waals surface area contributed by atoms with Gasteiger partial charge in [-0.1, -0.05) is 23.7 Å². The van der Waals surface area contributed by atoms with E-state index in [2.05, 4.69) is 10.3 Å². The third-order valence-electron chi connectivity index (χ3n) is 5.60. The van der Waals surface area contributed by atoms with E-state index < -0.39 is 0 Å². The lowest BCUT2D eigenvalue weighted by molar-refractivity contribution is 0.0713. The molecule has 8 heteroatoms. The molecule has 160 valence electrons. The van der Waals surface area contributed by atoms with Gasteiger partial charge in [0, 0.05) is 32.5 Å². The lowest BCUT2D eigenvalue weighted by atomic mass is 9.89. The van der Waals surface area contributed by atoms with Crippen LogP contribution in [0.4, 0.5) is 15.8 Å². The van der Waals surface area contributed by atoms with Gasteiger partial charge in [0.05, 0.1) is 23.1 Å². The van der Waals surface area contributed by atoms with Crippen LogP contribution in [0.5, 0.6) is 0 Å². The predicted molar refractivity (Wildman–Crippen MR) is 118 cm³/mol. The largest absolute Gasteiger partial charge is 0.352 e. The molecule has 1 aromatic carbocycles. The third kappa shape index (κ3) is 4.46. The van der Waals surface area contributed by atoms with Crippen LogP contribution in [0.1, 0.15) is 34.7 Å². The SMILES string of the molecule is Cn1cc(C(=O)N2CCC(c3ccc(F)cc3)CC2)c(Nc2cccnc2)c(Cl)c1=O. The first-order chi connectivity index (χ1) is 14.9. The minimum absolute atomic E-state index is 0.0431. The van der Waals surface area contributed by atoms with Crippen molar-refractivity contribution < 1.29 is 9.18 Å². The number of amides is 1. The van der Waals surface area contributed by atoms with Crippen LogP contribution in [-0.4, -0.2) is 33.4 Å². The number of carbonyl (C=O) groups excluding carboxylic acids is 1. The number of anilines is 2. The molecule has 0 unspecified atom stereocenters. The molecule has 1 aliphatic rings. The fraction of sp³-hybridized carbons (Fsp3) is 0.261. The fourth-order valence-electron chi connectivity index (χ4n) is 3.88. The summed E-state index contributed by atoms with van der Waals surface area (Å²) in [5, 5.41) is 3.03. The van der Waals surface area contributed by atoms with Gasteiger partial charge < -0.3 is 14.8 Å². The second-order valence-corrected chi connectivity index (χ2v) is 8.01. The molecule has 1 saturated heterocycles. The molecule has 0 atom stereocenters. The van der Waals surface area contributed by atoms with E-state index in [9.17, 15) is 14.0 Å². The van der Waals surface area contributed by atoms with E-state index in [0.717, 1.165) is 18.4 Å². The summed E-state index contributed by atoms with van der Waals surface area (Å²) >= 11 is 6.33. The van der Waals surface area contributed by atoms with Crippen molar-refractivity contribution in [1.29, 1.82) is 0 Å². The molecule has 1 aliphatic heterocycles. The Morgan fingerprint density at radius 3 is 2.55 bits per heavy atom. The number of rotatable bonds is 4. The van der Waals surface area contributed by atoms with Crippen molar-refractivity contribution in [3.05, 3.63) is 87.3 Å². The minimum Gasteiger partial charge on any atom is -0.352 e. The summed E-state index contributed by atoms with van der Waals surface area (Å²) in [6.45, 7) is 1.13. The van der Waals surface area contributed by atoms with Crippen LogP contribution in [0.2, 0.25) is 5.02 Å². The Bertz CT molecular complexity index is 1140. The lowest BCUT2D eigenvalue weighted by Crippen LogP contribution is -2.39. The van der Waals surface area contributed by atoms with E-state index in [-0.39, 0.29) is 33.9 Å². The standard InChI is InChI=1S/C23H22ClFN4O2/c1-28-14-19(21(20(24)23(28)31)27-18-3-2-10-26-13-18)22(30)29-11-8-16(9-12-29)15-4-6-17(25)7-5-15/h2-7,10,13-14,16,27H,8-9,11-12H2,1H3. The zero-order valence-electron chi connectivity index (χ0n) is 17.0. The first-order valence-electron chi connectivity index (χ1n) is 10.0. The smallest absolute Gasteiger partial charge is 0.271 e. The van der Waals surface area contributed by atoms with Crippen molar-refractivity contribution in [2.24, 2.45) is 7.05 Å². The van der Waals surface area contributed by atoms with Gasteiger partial charge in [-0.3, -0.25) is 14.6 Å². The number of aromatic nitrogens is 2. The normalized spacial score (nSPS) is 14.5. The molecule has 31 heavy (non-hydrogen) atoms. The predicted octanol–water partition coefficient (Wildman–Crippen LogP) is 4.34. The van der Waals surface area contributed by atoms with Gasteiger partial charge in [-0.25, -0.2) is 4.39 Å². The monoisotopic (exact) mass is 440 g/mol. The highest BCUT2D eigenvalue weighted by atomic mass is 35.5. The summed E-state index contributed by atoms with van der Waals surface area (Å²) in [5.74, 6) is -0.167. The van der Waals surface area contributed by atoms with E-state index >= 15 is 0 Å². The summed E-state index contributed by atoms with van der Waals surface area (Å²) in [5.41, 5.74) is 1.93. The molecule has 6 nitrogen and oxygen atoms in total. The number of aryl methyl sites for hydroxylation is 1.